The van der Waals surface area contributed by atoms with Gasteiger partial charge in [-0.2, -0.15) is 0 Å². The highest BCUT2D eigenvalue weighted by Gasteiger charge is 2.34. The van der Waals surface area contributed by atoms with Crippen molar-refractivity contribution in [1.82, 2.24) is 5.32 Å². The van der Waals surface area contributed by atoms with Crippen LogP contribution in [0.3, 0.4) is 0 Å². The summed E-state index contributed by atoms with van der Waals surface area (Å²) in [6, 6.07) is 18.8. The molecule has 2 aromatic rings. The van der Waals surface area contributed by atoms with Crippen LogP contribution in [-0.4, -0.2) is 25.6 Å². The Labute approximate surface area is 166 Å². The van der Waals surface area contributed by atoms with Crippen molar-refractivity contribution in [3.8, 4) is 5.75 Å². The fraction of sp³-hybridized carbons (Fsp3) is 0.292. The Morgan fingerprint density at radius 2 is 1.93 bits per heavy atom. The number of nitrogens with one attached hydrogen (secondary N) is 1. The summed E-state index contributed by atoms with van der Waals surface area (Å²) in [7, 11) is 1.68. The Morgan fingerprint density at radius 3 is 2.71 bits per heavy atom. The van der Waals surface area contributed by atoms with Crippen LogP contribution in [-0.2, 0) is 11.3 Å². The zero-order valence-electron chi connectivity index (χ0n) is 16.1. The summed E-state index contributed by atoms with van der Waals surface area (Å²) in [5, 5.41) is 3.63. The fourth-order valence-electron chi connectivity index (χ4n) is 3.80. The molecule has 0 spiro atoms. The van der Waals surface area contributed by atoms with Crippen molar-refractivity contribution < 1.29 is 9.47 Å². The molecule has 0 saturated carbocycles. The van der Waals surface area contributed by atoms with Crippen LogP contribution in [0.4, 0.5) is 0 Å². The number of hydrogen-bond acceptors (Lipinski definition) is 4. The number of ether oxygens (including phenoxy) is 2. The van der Waals surface area contributed by atoms with Gasteiger partial charge in [-0.15, -0.1) is 0 Å². The van der Waals surface area contributed by atoms with Crippen molar-refractivity contribution in [3.05, 3.63) is 90.0 Å². The van der Waals surface area contributed by atoms with E-state index in [1.54, 1.807) is 7.11 Å². The summed E-state index contributed by atoms with van der Waals surface area (Å²) in [4.78, 5) is 4.98. The van der Waals surface area contributed by atoms with E-state index in [0.29, 0.717) is 19.1 Å². The van der Waals surface area contributed by atoms with E-state index in [-0.39, 0.29) is 12.1 Å². The lowest BCUT2D eigenvalue weighted by Crippen LogP contribution is -2.39. The summed E-state index contributed by atoms with van der Waals surface area (Å²) >= 11 is 0. The topological polar surface area (TPSA) is 42.9 Å². The van der Waals surface area contributed by atoms with Gasteiger partial charge in [0.05, 0.1) is 25.8 Å². The van der Waals surface area contributed by atoms with Crippen LogP contribution in [0.15, 0.2) is 83.9 Å². The molecule has 0 amide bonds. The van der Waals surface area contributed by atoms with Crippen LogP contribution in [0.5, 0.6) is 5.75 Å². The highest BCUT2D eigenvalue weighted by atomic mass is 16.5. The molecule has 0 fully saturated rings. The first-order valence-corrected chi connectivity index (χ1v) is 9.75. The Morgan fingerprint density at radius 1 is 1.04 bits per heavy atom. The van der Waals surface area contributed by atoms with E-state index in [1.807, 2.05) is 30.3 Å². The Bertz CT molecular complexity index is 873. The third kappa shape index (κ3) is 4.34. The first-order valence-electron chi connectivity index (χ1n) is 9.75. The van der Waals surface area contributed by atoms with Gasteiger partial charge in [0.15, 0.2) is 0 Å². The molecule has 1 heterocycles. The van der Waals surface area contributed by atoms with Gasteiger partial charge in [0.25, 0.3) is 0 Å². The van der Waals surface area contributed by atoms with Crippen LogP contribution in [0.1, 0.15) is 23.6 Å². The summed E-state index contributed by atoms with van der Waals surface area (Å²) < 4.78 is 11.2. The monoisotopic (exact) mass is 374 g/mol. The van der Waals surface area contributed by atoms with E-state index in [4.69, 9.17) is 14.5 Å². The maximum atomic E-state index is 5.94. The molecule has 1 N–H and O–H groups in total. The number of amidine groups is 1. The average Bonchev–Trinajstić information content (AvgIpc) is 3.19. The molecule has 0 bridgehead atoms. The largest absolute Gasteiger partial charge is 0.497 e. The van der Waals surface area contributed by atoms with Gasteiger partial charge in [0.2, 0.25) is 0 Å². The minimum absolute atomic E-state index is 0.109. The van der Waals surface area contributed by atoms with Crippen molar-refractivity contribution in [2.24, 2.45) is 10.9 Å². The molecule has 2 aromatic carbocycles. The second kappa shape index (κ2) is 8.89. The van der Waals surface area contributed by atoms with Crippen molar-refractivity contribution >= 4 is 5.84 Å². The third-order valence-corrected chi connectivity index (χ3v) is 5.23. The van der Waals surface area contributed by atoms with Gasteiger partial charge >= 0.3 is 0 Å². The standard InChI is InChI=1S/C24H26N2O2/c1-27-21-14-8-9-18(15-21)16-28-17-22-25-23(19-10-4-2-5-11-19)24(26-22)20-12-6-3-7-13-20/h2-12,14-15,20,23-24H,13,16-17H2,1H3,(H,25,26)/t20?,23-,24+/m1/s1. The minimum atomic E-state index is 0.109. The lowest BCUT2D eigenvalue weighted by molar-refractivity contribution is 0.156. The highest BCUT2D eigenvalue weighted by Crippen LogP contribution is 2.33. The number of benzene rings is 2. The van der Waals surface area contributed by atoms with Crippen molar-refractivity contribution in [1.29, 1.82) is 0 Å². The minimum Gasteiger partial charge on any atom is -0.497 e. The smallest absolute Gasteiger partial charge is 0.124 e. The average molecular weight is 374 g/mol. The number of aliphatic imine (C=N–C) groups is 1. The van der Waals surface area contributed by atoms with E-state index >= 15 is 0 Å². The van der Waals surface area contributed by atoms with Crippen LogP contribution < -0.4 is 10.1 Å². The van der Waals surface area contributed by atoms with E-state index in [1.165, 1.54) is 5.56 Å². The molecule has 28 heavy (non-hydrogen) atoms. The zero-order valence-corrected chi connectivity index (χ0v) is 16.1. The number of methoxy groups -OCH3 is 1. The second-order valence-electron chi connectivity index (χ2n) is 7.16. The first-order chi connectivity index (χ1) is 13.8. The maximum Gasteiger partial charge on any atom is 0.124 e. The quantitative estimate of drug-likeness (QED) is 0.778. The summed E-state index contributed by atoms with van der Waals surface area (Å²) in [6.07, 6.45) is 9.79. The van der Waals surface area contributed by atoms with Crippen molar-refractivity contribution in [2.45, 2.75) is 25.1 Å². The molecule has 0 radical (unpaired) electrons. The molecule has 4 rings (SSSR count). The predicted octanol–water partition coefficient (Wildman–Crippen LogP) is 4.46. The van der Waals surface area contributed by atoms with Crippen LogP contribution >= 0.6 is 0 Å². The maximum absolute atomic E-state index is 5.94. The van der Waals surface area contributed by atoms with Gasteiger partial charge in [-0.3, -0.25) is 4.99 Å². The molecule has 3 atom stereocenters. The number of nitrogens with zero attached hydrogens (tertiary/aromatic N) is 1. The van der Waals surface area contributed by atoms with Crippen molar-refractivity contribution in [3.63, 3.8) is 0 Å². The molecule has 0 saturated heterocycles. The molecule has 144 valence electrons. The predicted molar refractivity (Wildman–Crippen MR) is 113 cm³/mol. The second-order valence-corrected chi connectivity index (χ2v) is 7.16. The molecule has 1 aliphatic carbocycles. The van der Waals surface area contributed by atoms with Gasteiger partial charge in [0.1, 0.15) is 18.2 Å². The molecule has 4 heteroatoms. The molecule has 1 aliphatic heterocycles. The third-order valence-electron chi connectivity index (χ3n) is 5.23. The summed E-state index contributed by atoms with van der Waals surface area (Å²) in [6.45, 7) is 1.01. The molecule has 4 nitrogen and oxygen atoms in total. The van der Waals surface area contributed by atoms with Crippen LogP contribution in [0.2, 0.25) is 0 Å². The highest BCUT2D eigenvalue weighted by molar-refractivity contribution is 5.86. The van der Waals surface area contributed by atoms with Crippen LogP contribution in [0.25, 0.3) is 0 Å². The number of rotatable bonds is 7. The number of hydrogen-bond donors (Lipinski definition) is 1. The molecular formula is C24H26N2O2. The molecule has 0 aromatic heterocycles. The Balaban J connectivity index is 1.43. The normalized spacial score (nSPS) is 23.3. The van der Waals surface area contributed by atoms with Gasteiger partial charge in [-0.25, -0.2) is 0 Å². The van der Waals surface area contributed by atoms with Gasteiger partial charge in [-0.05, 0) is 29.7 Å². The Kier molecular flexibility index (Phi) is 5.88. The summed E-state index contributed by atoms with van der Waals surface area (Å²) in [5.41, 5.74) is 2.33. The van der Waals surface area contributed by atoms with Crippen LogP contribution in [0, 0.1) is 5.92 Å². The lowest BCUT2D eigenvalue weighted by Gasteiger charge is -2.26. The summed E-state index contributed by atoms with van der Waals surface area (Å²) in [5.74, 6) is 2.19. The van der Waals surface area contributed by atoms with E-state index in [9.17, 15) is 0 Å². The van der Waals surface area contributed by atoms with Gasteiger partial charge in [-0.1, -0.05) is 66.8 Å². The molecular weight excluding hydrogens is 348 g/mol. The SMILES string of the molecule is COc1cccc(COCC2=N[C@H](c3ccccc3)[C@H](C3C=CC=CC3)N2)c1. The fourth-order valence-corrected chi connectivity index (χ4v) is 3.80. The Hall–Kier alpha value is -2.85. The van der Waals surface area contributed by atoms with E-state index in [2.05, 4.69) is 53.9 Å². The first kappa shape index (κ1) is 18.5. The van der Waals surface area contributed by atoms with Crippen molar-refractivity contribution in [2.75, 3.05) is 13.7 Å². The van der Waals surface area contributed by atoms with E-state index in [0.717, 1.165) is 23.6 Å². The van der Waals surface area contributed by atoms with Gasteiger partial charge in [0, 0.05) is 5.92 Å². The zero-order chi connectivity index (χ0) is 19.2. The molecule has 1 unspecified atom stereocenters. The number of allylic oxidation sites excluding steroid dienone is 3. The van der Waals surface area contributed by atoms with E-state index < -0.39 is 0 Å². The lowest BCUT2D eigenvalue weighted by atomic mass is 9.86. The molecule has 2 aliphatic rings. The van der Waals surface area contributed by atoms with Gasteiger partial charge < -0.3 is 14.8 Å².